The Morgan fingerprint density at radius 2 is 2.00 bits per heavy atom. The van der Waals surface area contributed by atoms with Crippen molar-refractivity contribution in [1.29, 1.82) is 0 Å². The number of hydrogen-bond acceptors (Lipinski definition) is 4. The van der Waals surface area contributed by atoms with Crippen LogP contribution in [0.3, 0.4) is 0 Å². The lowest BCUT2D eigenvalue weighted by molar-refractivity contribution is 0.0380. The molecule has 0 saturated heterocycles. The Morgan fingerprint density at radius 3 is 2.71 bits per heavy atom. The molecule has 2 heterocycles. The summed E-state index contributed by atoms with van der Waals surface area (Å²) in [5, 5.41) is 0.776. The first-order chi connectivity index (χ1) is 10.1. The van der Waals surface area contributed by atoms with Gasteiger partial charge in [0, 0.05) is 5.39 Å². The van der Waals surface area contributed by atoms with Gasteiger partial charge in [-0.05, 0) is 38.1 Å². The van der Waals surface area contributed by atoms with Gasteiger partial charge in [-0.25, -0.2) is 9.78 Å². The van der Waals surface area contributed by atoms with E-state index in [0.717, 1.165) is 10.9 Å². The van der Waals surface area contributed by atoms with Crippen LogP contribution in [0.15, 0.2) is 53.1 Å². The molecule has 0 aliphatic heterocycles. The highest BCUT2D eigenvalue weighted by Crippen LogP contribution is 2.25. The summed E-state index contributed by atoms with van der Waals surface area (Å²) in [5.74, 6) is 0.274. The van der Waals surface area contributed by atoms with Gasteiger partial charge in [-0.3, -0.25) is 0 Å². The minimum Gasteiger partial charge on any atom is -0.463 e. The van der Waals surface area contributed by atoms with Crippen molar-refractivity contribution in [1.82, 2.24) is 4.98 Å². The normalized spacial score (nSPS) is 11.0. The van der Waals surface area contributed by atoms with Crippen molar-refractivity contribution >= 4 is 16.9 Å². The third kappa shape index (κ3) is 2.65. The van der Waals surface area contributed by atoms with E-state index in [1.807, 2.05) is 44.2 Å². The zero-order valence-corrected chi connectivity index (χ0v) is 11.9. The predicted octanol–water partition coefficient (Wildman–Crippen LogP) is 4.06. The van der Waals surface area contributed by atoms with Crippen molar-refractivity contribution in [3.63, 3.8) is 0 Å². The molecule has 106 valence electrons. The van der Waals surface area contributed by atoms with Crippen LogP contribution in [-0.2, 0) is 4.74 Å². The number of benzene rings is 1. The lowest BCUT2D eigenvalue weighted by Crippen LogP contribution is -2.12. The molecule has 1 aromatic carbocycles. The summed E-state index contributed by atoms with van der Waals surface area (Å²) in [6.07, 6.45) is 1.41. The number of pyridine rings is 1. The average Bonchev–Trinajstić information content (AvgIpc) is 2.99. The summed E-state index contributed by atoms with van der Waals surface area (Å²) in [4.78, 5) is 16.8. The molecule has 21 heavy (non-hydrogen) atoms. The van der Waals surface area contributed by atoms with Gasteiger partial charge in [0.1, 0.15) is 5.69 Å². The van der Waals surface area contributed by atoms with Gasteiger partial charge in [0.05, 0.1) is 23.4 Å². The van der Waals surface area contributed by atoms with Crippen molar-refractivity contribution in [3.8, 4) is 11.5 Å². The molecule has 2 aromatic heterocycles. The molecule has 4 heteroatoms. The van der Waals surface area contributed by atoms with Crippen molar-refractivity contribution in [2.75, 3.05) is 0 Å². The molecule has 0 unspecified atom stereocenters. The fourth-order valence-electron chi connectivity index (χ4n) is 2.17. The van der Waals surface area contributed by atoms with Gasteiger partial charge >= 0.3 is 5.97 Å². The number of nitrogens with zero attached hydrogens (tertiary/aromatic N) is 1. The maximum atomic E-state index is 12.3. The monoisotopic (exact) mass is 281 g/mol. The molecule has 0 spiro atoms. The molecule has 0 aliphatic rings. The van der Waals surface area contributed by atoms with Gasteiger partial charge in [0.2, 0.25) is 0 Å². The molecular weight excluding hydrogens is 266 g/mol. The second-order valence-corrected chi connectivity index (χ2v) is 5.00. The van der Waals surface area contributed by atoms with Crippen LogP contribution in [0.25, 0.3) is 22.4 Å². The minimum absolute atomic E-state index is 0.170. The molecule has 3 rings (SSSR count). The molecule has 0 fully saturated rings. The van der Waals surface area contributed by atoms with Crippen LogP contribution in [0.1, 0.15) is 24.2 Å². The number of carbonyl (C=O) groups is 1. The fraction of sp³-hybridized carbons (Fsp3) is 0.176. The number of rotatable bonds is 3. The Balaban J connectivity index is 2.18. The Labute approximate surface area is 122 Å². The van der Waals surface area contributed by atoms with Crippen molar-refractivity contribution < 1.29 is 13.9 Å². The molecule has 0 atom stereocenters. The van der Waals surface area contributed by atoms with Gasteiger partial charge in [-0.15, -0.1) is 0 Å². The van der Waals surface area contributed by atoms with E-state index in [1.165, 1.54) is 0 Å². The van der Waals surface area contributed by atoms with E-state index < -0.39 is 0 Å². The van der Waals surface area contributed by atoms with E-state index in [9.17, 15) is 4.79 Å². The van der Waals surface area contributed by atoms with E-state index in [4.69, 9.17) is 9.15 Å². The summed E-state index contributed by atoms with van der Waals surface area (Å²) in [6.45, 7) is 3.66. The van der Waals surface area contributed by atoms with Crippen LogP contribution in [-0.4, -0.2) is 17.1 Å². The lowest BCUT2D eigenvalue weighted by Gasteiger charge is -2.11. The first-order valence-electron chi connectivity index (χ1n) is 6.80. The fourth-order valence-corrected chi connectivity index (χ4v) is 2.17. The molecule has 0 bridgehead atoms. The molecule has 0 amide bonds. The highest BCUT2D eigenvalue weighted by Gasteiger charge is 2.16. The van der Waals surface area contributed by atoms with Crippen LogP contribution in [0.4, 0.5) is 0 Å². The van der Waals surface area contributed by atoms with E-state index in [2.05, 4.69) is 4.98 Å². The summed E-state index contributed by atoms with van der Waals surface area (Å²) >= 11 is 0. The zero-order valence-electron chi connectivity index (χ0n) is 11.9. The van der Waals surface area contributed by atoms with Gasteiger partial charge in [-0.1, -0.05) is 18.2 Å². The second kappa shape index (κ2) is 5.40. The lowest BCUT2D eigenvalue weighted by atomic mass is 10.1. The van der Waals surface area contributed by atoms with Gasteiger partial charge in [0.15, 0.2) is 5.76 Å². The number of para-hydroxylation sites is 1. The van der Waals surface area contributed by atoms with Crippen LogP contribution in [0, 0.1) is 0 Å². The summed E-state index contributed by atoms with van der Waals surface area (Å²) in [7, 11) is 0. The van der Waals surface area contributed by atoms with Crippen LogP contribution in [0.5, 0.6) is 0 Å². The van der Waals surface area contributed by atoms with Gasteiger partial charge in [0.25, 0.3) is 0 Å². The number of esters is 1. The first-order valence-corrected chi connectivity index (χ1v) is 6.80. The third-order valence-electron chi connectivity index (χ3n) is 3.05. The molecule has 0 N–H and O–H groups in total. The summed E-state index contributed by atoms with van der Waals surface area (Å²) < 4.78 is 10.7. The van der Waals surface area contributed by atoms with Gasteiger partial charge < -0.3 is 9.15 Å². The van der Waals surface area contributed by atoms with Crippen molar-refractivity contribution in [2.45, 2.75) is 20.0 Å². The molecule has 0 aliphatic carbocycles. The van der Waals surface area contributed by atoms with Gasteiger partial charge in [-0.2, -0.15) is 0 Å². The minimum atomic E-state index is -0.351. The van der Waals surface area contributed by atoms with Crippen LogP contribution < -0.4 is 0 Å². The number of furan rings is 1. The smallest absolute Gasteiger partial charge is 0.339 e. The number of ether oxygens (including phenoxy) is 1. The third-order valence-corrected chi connectivity index (χ3v) is 3.05. The van der Waals surface area contributed by atoms with E-state index >= 15 is 0 Å². The summed E-state index contributed by atoms with van der Waals surface area (Å²) in [5.41, 5.74) is 1.86. The Kier molecular flexibility index (Phi) is 3.44. The number of fused-ring (bicyclic) bond motifs is 1. The molecule has 0 saturated carbocycles. The number of carbonyl (C=O) groups excluding carboxylic acids is 1. The molecule has 3 aromatic rings. The molecule has 0 radical (unpaired) electrons. The maximum absolute atomic E-state index is 12.3. The quantitative estimate of drug-likeness (QED) is 0.679. The highest BCUT2D eigenvalue weighted by atomic mass is 16.5. The van der Waals surface area contributed by atoms with E-state index in [1.54, 1.807) is 18.4 Å². The molecular formula is C17H15NO3. The Morgan fingerprint density at radius 1 is 1.19 bits per heavy atom. The largest absolute Gasteiger partial charge is 0.463 e. The second-order valence-electron chi connectivity index (χ2n) is 5.00. The van der Waals surface area contributed by atoms with Crippen LogP contribution in [0.2, 0.25) is 0 Å². The number of hydrogen-bond donors (Lipinski definition) is 0. The highest BCUT2D eigenvalue weighted by molar-refractivity contribution is 6.04. The average molecular weight is 281 g/mol. The topological polar surface area (TPSA) is 52.3 Å². The Hall–Kier alpha value is -2.62. The predicted molar refractivity (Wildman–Crippen MR) is 80.0 cm³/mol. The van der Waals surface area contributed by atoms with Crippen molar-refractivity contribution in [2.24, 2.45) is 0 Å². The maximum Gasteiger partial charge on any atom is 0.339 e. The number of aromatic nitrogens is 1. The standard InChI is InChI=1S/C17H15NO3/c1-11(2)21-17(19)13-10-15(16-8-5-9-20-16)18-14-7-4-3-6-12(13)14/h3-11H,1-2H3. The van der Waals surface area contributed by atoms with Crippen LogP contribution >= 0.6 is 0 Å². The Bertz CT molecular complexity index is 776. The zero-order chi connectivity index (χ0) is 14.8. The SMILES string of the molecule is CC(C)OC(=O)c1cc(-c2ccco2)nc2ccccc12. The molecule has 4 nitrogen and oxygen atoms in total. The first kappa shape index (κ1) is 13.4. The van der Waals surface area contributed by atoms with E-state index in [-0.39, 0.29) is 12.1 Å². The summed E-state index contributed by atoms with van der Waals surface area (Å²) in [6, 6.07) is 12.8. The van der Waals surface area contributed by atoms with E-state index in [0.29, 0.717) is 17.0 Å². The van der Waals surface area contributed by atoms with Crippen molar-refractivity contribution in [3.05, 3.63) is 54.3 Å².